The van der Waals surface area contributed by atoms with Crippen LogP contribution in [0.3, 0.4) is 0 Å². The van der Waals surface area contributed by atoms with E-state index < -0.39 is 0 Å². The maximum absolute atomic E-state index is 10.0. The number of phenols is 1. The number of aryl methyl sites for hydroxylation is 1. The molecule has 0 aliphatic carbocycles. The lowest BCUT2D eigenvalue weighted by Gasteiger charge is -2.05. The molecule has 0 bridgehead atoms. The van der Waals surface area contributed by atoms with E-state index in [-0.39, 0.29) is 5.75 Å². The molecule has 2 nitrogen and oxygen atoms in total. The lowest BCUT2D eigenvalue weighted by Crippen LogP contribution is -1.88. The number of aliphatic imine (C=N–C) groups is 1. The topological polar surface area (TPSA) is 32.6 Å². The highest BCUT2D eigenvalue weighted by Gasteiger charge is 2.05. The minimum atomic E-state index is 0.267. The summed E-state index contributed by atoms with van der Waals surface area (Å²) < 4.78 is 1.07. The zero-order valence-corrected chi connectivity index (χ0v) is 13.5. The molecule has 19 heavy (non-hydrogen) atoms. The summed E-state index contributed by atoms with van der Waals surface area (Å²) in [6.45, 7) is 3.80. The van der Waals surface area contributed by atoms with Crippen molar-refractivity contribution in [1.29, 1.82) is 0 Å². The van der Waals surface area contributed by atoms with Crippen LogP contribution in [0.4, 0.5) is 5.69 Å². The second-order valence-electron chi connectivity index (χ2n) is 4.30. The fourth-order valence-electron chi connectivity index (χ4n) is 1.73. The van der Waals surface area contributed by atoms with E-state index in [4.69, 9.17) is 11.6 Å². The molecule has 2 aromatic carbocycles. The first kappa shape index (κ1) is 14.3. The van der Waals surface area contributed by atoms with Gasteiger partial charge in [0.15, 0.2) is 0 Å². The first-order valence-electron chi connectivity index (χ1n) is 5.77. The number of nitrogens with zero attached hydrogens (tertiary/aromatic N) is 1. The van der Waals surface area contributed by atoms with Crippen LogP contribution in [-0.4, -0.2) is 11.3 Å². The van der Waals surface area contributed by atoms with Gasteiger partial charge in [0.1, 0.15) is 5.75 Å². The summed E-state index contributed by atoms with van der Waals surface area (Å²) in [6.07, 6.45) is 1.67. The molecule has 1 N–H and O–H groups in total. The van der Waals surface area contributed by atoms with E-state index in [9.17, 15) is 5.11 Å². The molecule has 0 saturated carbocycles. The normalized spacial score (nSPS) is 11.2. The Morgan fingerprint density at radius 3 is 2.74 bits per heavy atom. The largest absolute Gasteiger partial charge is 0.507 e. The van der Waals surface area contributed by atoms with E-state index in [1.54, 1.807) is 6.21 Å². The summed E-state index contributed by atoms with van der Waals surface area (Å²) in [4.78, 5) is 4.41. The van der Waals surface area contributed by atoms with E-state index in [2.05, 4.69) is 27.6 Å². The van der Waals surface area contributed by atoms with E-state index >= 15 is 0 Å². The molecule has 0 amide bonds. The minimum absolute atomic E-state index is 0.267. The third-order valence-corrected chi connectivity index (χ3v) is 3.91. The van der Waals surface area contributed by atoms with Crippen LogP contribution in [-0.2, 0) is 0 Å². The second kappa shape index (κ2) is 5.92. The van der Waals surface area contributed by atoms with Crippen LogP contribution < -0.4 is 0 Å². The molecular weight excluding hydrogens is 373 g/mol. The Labute approximate surface area is 131 Å². The average Bonchev–Trinajstić information content (AvgIpc) is 2.36. The number of hydrogen-bond acceptors (Lipinski definition) is 2. The first-order valence-corrected chi connectivity index (χ1v) is 7.23. The van der Waals surface area contributed by atoms with Crippen LogP contribution in [0.5, 0.6) is 5.75 Å². The number of halogens is 2. The molecule has 0 atom stereocenters. The standard InChI is InChI=1S/C15H13ClINO/c1-9-6-12(17)7-11(15(9)19)8-18-14-5-3-4-13(16)10(14)2/h3-8,19H,1-2H3. The zero-order valence-electron chi connectivity index (χ0n) is 10.6. The van der Waals surface area contributed by atoms with Crippen molar-refractivity contribution in [3.05, 3.63) is 55.6 Å². The molecule has 0 saturated heterocycles. The summed E-state index contributed by atoms with van der Waals surface area (Å²) in [6, 6.07) is 9.42. The Kier molecular flexibility index (Phi) is 4.47. The Hall–Kier alpha value is -1.07. The van der Waals surface area contributed by atoms with Crippen molar-refractivity contribution in [2.75, 3.05) is 0 Å². The number of aromatic hydroxyl groups is 1. The van der Waals surface area contributed by atoms with Gasteiger partial charge in [-0.2, -0.15) is 0 Å². The summed E-state index contributed by atoms with van der Waals surface area (Å²) in [7, 11) is 0. The molecule has 2 aromatic rings. The van der Waals surface area contributed by atoms with Gasteiger partial charge in [-0.25, -0.2) is 0 Å². The molecule has 0 heterocycles. The van der Waals surface area contributed by atoms with Crippen LogP contribution in [0.25, 0.3) is 0 Å². The van der Waals surface area contributed by atoms with Crippen molar-refractivity contribution in [3.63, 3.8) is 0 Å². The van der Waals surface area contributed by atoms with E-state index in [1.165, 1.54) is 0 Å². The summed E-state index contributed by atoms with van der Waals surface area (Å²) in [5.74, 6) is 0.267. The number of hydrogen-bond donors (Lipinski definition) is 1. The van der Waals surface area contributed by atoms with E-state index in [0.717, 1.165) is 20.4 Å². The molecule has 2 rings (SSSR count). The van der Waals surface area contributed by atoms with Gasteiger partial charge in [-0.15, -0.1) is 0 Å². The maximum Gasteiger partial charge on any atom is 0.127 e. The van der Waals surface area contributed by atoms with Crippen molar-refractivity contribution in [2.45, 2.75) is 13.8 Å². The quantitative estimate of drug-likeness (QED) is 0.571. The van der Waals surface area contributed by atoms with Crippen LogP contribution >= 0.6 is 34.2 Å². The molecule has 0 unspecified atom stereocenters. The third-order valence-electron chi connectivity index (χ3n) is 2.88. The van der Waals surface area contributed by atoms with Crippen LogP contribution in [0.1, 0.15) is 16.7 Å². The average molecular weight is 386 g/mol. The fraction of sp³-hybridized carbons (Fsp3) is 0.133. The summed E-state index contributed by atoms with van der Waals surface area (Å²) in [5.41, 5.74) is 3.30. The Morgan fingerprint density at radius 2 is 2.00 bits per heavy atom. The van der Waals surface area contributed by atoms with Gasteiger partial charge in [-0.1, -0.05) is 17.7 Å². The lowest BCUT2D eigenvalue weighted by molar-refractivity contribution is 0.470. The Balaban J connectivity index is 2.41. The molecule has 98 valence electrons. The van der Waals surface area contributed by atoms with Gasteiger partial charge in [0, 0.05) is 20.4 Å². The molecule has 0 spiro atoms. The smallest absolute Gasteiger partial charge is 0.127 e. The molecule has 0 fully saturated rings. The fourth-order valence-corrected chi connectivity index (χ4v) is 2.71. The van der Waals surface area contributed by atoms with Gasteiger partial charge in [-0.3, -0.25) is 4.99 Å². The number of rotatable bonds is 2. The molecule has 0 aliphatic heterocycles. The second-order valence-corrected chi connectivity index (χ2v) is 5.96. The van der Waals surface area contributed by atoms with Gasteiger partial charge in [0.25, 0.3) is 0 Å². The van der Waals surface area contributed by atoms with Crippen LogP contribution in [0.2, 0.25) is 5.02 Å². The number of benzene rings is 2. The van der Waals surface area contributed by atoms with Gasteiger partial charge < -0.3 is 5.11 Å². The van der Waals surface area contributed by atoms with Gasteiger partial charge in [-0.05, 0) is 71.8 Å². The zero-order chi connectivity index (χ0) is 14.0. The predicted molar refractivity (Wildman–Crippen MR) is 89.0 cm³/mol. The van der Waals surface area contributed by atoms with Crippen LogP contribution in [0.15, 0.2) is 35.3 Å². The Bertz CT molecular complexity index is 653. The molecule has 0 aliphatic rings. The summed E-state index contributed by atoms with van der Waals surface area (Å²) >= 11 is 8.27. The SMILES string of the molecule is Cc1cc(I)cc(C=Nc2cccc(Cl)c2C)c1O. The maximum atomic E-state index is 10.0. The van der Waals surface area contributed by atoms with Gasteiger partial charge in [0.2, 0.25) is 0 Å². The number of phenolic OH excluding ortho intramolecular Hbond substituents is 1. The molecule has 0 radical (unpaired) electrons. The lowest BCUT2D eigenvalue weighted by atomic mass is 10.1. The van der Waals surface area contributed by atoms with E-state index in [1.807, 2.05) is 44.2 Å². The third kappa shape index (κ3) is 3.28. The Morgan fingerprint density at radius 1 is 1.26 bits per heavy atom. The monoisotopic (exact) mass is 385 g/mol. The predicted octanol–water partition coefficient (Wildman–Crippen LogP) is 5.02. The van der Waals surface area contributed by atoms with Crippen molar-refractivity contribution >= 4 is 46.1 Å². The minimum Gasteiger partial charge on any atom is -0.507 e. The molecular formula is C15H13ClINO. The molecule has 4 heteroatoms. The van der Waals surface area contributed by atoms with E-state index in [0.29, 0.717) is 10.6 Å². The van der Waals surface area contributed by atoms with Gasteiger partial charge >= 0.3 is 0 Å². The van der Waals surface area contributed by atoms with Crippen molar-refractivity contribution in [3.8, 4) is 5.75 Å². The van der Waals surface area contributed by atoms with Crippen LogP contribution in [0, 0.1) is 17.4 Å². The highest BCUT2D eigenvalue weighted by atomic mass is 127. The highest BCUT2D eigenvalue weighted by Crippen LogP contribution is 2.27. The van der Waals surface area contributed by atoms with Crippen molar-refractivity contribution in [2.24, 2.45) is 4.99 Å². The van der Waals surface area contributed by atoms with Gasteiger partial charge in [0.05, 0.1) is 5.69 Å². The van der Waals surface area contributed by atoms with Crippen molar-refractivity contribution in [1.82, 2.24) is 0 Å². The summed E-state index contributed by atoms with van der Waals surface area (Å²) in [5, 5.41) is 10.7. The van der Waals surface area contributed by atoms with Crippen molar-refractivity contribution < 1.29 is 5.11 Å². The first-order chi connectivity index (χ1) is 8.99. The molecule has 0 aromatic heterocycles. The highest BCUT2D eigenvalue weighted by molar-refractivity contribution is 14.1.